The zero-order valence-corrected chi connectivity index (χ0v) is 32.3. The van der Waals surface area contributed by atoms with Crippen molar-refractivity contribution in [2.75, 3.05) is 0 Å². The lowest BCUT2D eigenvalue weighted by Gasteiger charge is -2.21. The molecule has 11 aromatic carbocycles. The van der Waals surface area contributed by atoms with Crippen LogP contribution in [0.5, 0.6) is 0 Å². The van der Waals surface area contributed by atoms with Gasteiger partial charge in [0.1, 0.15) is 0 Å². The Morgan fingerprint density at radius 3 is 1.31 bits per heavy atom. The topological polar surface area (TPSA) is 4.93 Å². The summed E-state index contributed by atoms with van der Waals surface area (Å²) in [5.41, 5.74) is 11.5. The first-order valence-electron chi connectivity index (χ1n) is 20.4. The summed E-state index contributed by atoms with van der Waals surface area (Å²) < 4.78 is 2.53. The lowest BCUT2D eigenvalue weighted by atomic mass is 9.82. The van der Waals surface area contributed by atoms with Crippen LogP contribution in [0.4, 0.5) is 0 Å². The van der Waals surface area contributed by atoms with Crippen LogP contribution in [-0.2, 0) is 5.41 Å². The Bertz CT molecular complexity index is 3710. The van der Waals surface area contributed by atoms with Crippen LogP contribution in [0.15, 0.2) is 188 Å². The zero-order valence-electron chi connectivity index (χ0n) is 32.3. The van der Waals surface area contributed by atoms with Crippen LogP contribution >= 0.6 is 0 Å². The van der Waals surface area contributed by atoms with Gasteiger partial charge in [-0.05, 0) is 140 Å². The molecule has 1 aromatic heterocycles. The fraction of sp³-hybridized carbons (Fsp3) is 0.0526. The number of aromatic nitrogens is 1. The van der Waals surface area contributed by atoms with Crippen molar-refractivity contribution >= 4 is 86.4 Å². The van der Waals surface area contributed by atoms with Crippen molar-refractivity contribution in [1.82, 2.24) is 4.57 Å². The van der Waals surface area contributed by atoms with Gasteiger partial charge in [0.05, 0.1) is 11.0 Å². The molecule has 1 aliphatic rings. The summed E-state index contributed by atoms with van der Waals surface area (Å²) in [7, 11) is 0. The highest BCUT2D eigenvalue weighted by Crippen LogP contribution is 2.51. The van der Waals surface area contributed by atoms with Crippen molar-refractivity contribution in [3.8, 4) is 27.9 Å². The molecular formula is C57H37N. The van der Waals surface area contributed by atoms with Gasteiger partial charge in [0.2, 0.25) is 0 Å². The number of hydrogen-bond acceptors (Lipinski definition) is 0. The molecule has 58 heavy (non-hydrogen) atoms. The standard InChI is InChI=1S/C57H37N/c1-57(2)53-22-12-11-21-46(53)50-31-52-51-30-48-43-19-9-6-15-39(43)40-16-7-10-20-44(40)49(48)32-55(51)58(56(52)33-54(50)57)36-26-23-34(24-27-36)35-25-28-45-41-17-4-3-13-37(41)38-14-5-8-18-42(38)47(45)29-35/h3-33H,1-2H3. The highest BCUT2D eigenvalue weighted by Gasteiger charge is 2.36. The van der Waals surface area contributed by atoms with Crippen molar-refractivity contribution in [2.24, 2.45) is 0 Å². The first kappa shape index (κ1) is 31.9. The van der Waals surface area contributed by atoms with Gasteiger partial charge in [-0.15, -0.1) is 0 Å². The average Bonchev–Trinajstić information content (AvgIpc) is 3.71. The minimum Gasteiger partial charge on any atom is -0.309 e. The predicted molar refractivity (Wildman–Crippen MR) is 249 cm³/mol. The van der Waals surface area contributed by atoms with Crippen molar-refractivity contribution in [3.05, 3.63) is 199 Å². The molecule has 0 saturated heterocycles. The quantitative estimate of drug-likeness (QED) is 0.156. The average molecular weight is 736 g/mol. The molecule has 1 aliphatic carbocycles. The Kier molecular flexibility index (Phi) is 6.29. The normalized spacial score (nSPS) is 13.5. The first-order chi connectivity index (χ1) is 28.5. The third kappa shape index (κ3) is 4.20. The van der Waals surface area contributed by atoms with Crippen LogP contribution in [0.25, 0.3) is 114 Å². The second-order valence-corrected chi connectivity index (χ2v) is 16.8. The molecule has 0 bridgehead atoms. The van der Waals surface area contributed by atoms with Gasteiger partial charge in [-0.3, -0.25) is 0 Å². The van der Waals surface area contributed by atoms with Crippen LogP contribution < -0.4 is 0 Å². The molecule has 0 radical (unpaired) electrons. The third-order valence-corrected chi connectivity index (χ3v) is 13.5. The number of hydrogen-bond donors (Lipinski definition) is 0. The number of nitrogens with zero attached hydrogens (tertiary/aromatic N) is 1. The van der Waals surface area contributed by atoms with E-state index in [-0.39, 0.29) is 5.41 Å². The van der Waals surface area contributed by atoms with E-state index in [4.69, 9.17) is 0 Å². The number of benzene rings is 11. The maximum absolute atomic E-state index is 2.53. The maximum Gasteiger partial charge on any atom is 0.0547 e. The molecule has 1 nitrogen and oxygen atoms in total. The third-order valence-electron chi connectivity index (χ3n) is 13.5. The molecule has 0 aliphatic heterocycles. The fourth-order valence-electron chi connectivity index (χ4n) is 10.8. The molecule has 0 saturated carbocycles. The van der Waals surface area contributed by atoms with E-state index in [2.05, 4.69) is 206 Å². The minimum absolute atomic E-state index is 0.103. The summed E-state index contributed by atoms with van der Waals surface area (Å²) in [6.07, 6.45) is 0. The van der Waals surface area contributed by atoms with Gasteiger partial charge in [-0.2, -0.15) is 0 Å². The molecule has 0 amide bonds. The van der Waals surface area contributed by atoms with Crippen LogP contribution in [0.3, 0.4) is 0 Å². The molecule has 0 N–H and O–H groups in total. The SMILES string of the molecule is CC1(C)c2ccccc2-c2cc3c4cc5c6ccccc6c6ccccc6c5cc4n(-c4ccc(-c5ccc6c7ccccc7c7ccccc7c6c5)cc4)c3cc21. The summed E-state index contributed by atoms with van der Waals surface area (Å²) in [5.74, 6) is 0. The molecule has 270 valence electrons. The van der Waals surface area contributed by atoms with Crippen LogP contribution in [0.2, 0.25) is 0 Å². The van der Waals surface area contributed by atoms with E-state index >= 15 is 0 Å². The fourth-order valence-corrected chi connectivity index (χ4v) is 10.8. The highest BCUT2D eigenvalue weighted by atomic mass is 15.0. The molecule has 0 unspecified atom stereocenters. The van der Waals surface area contributed by atoms with Gasteiger partial charge >= 0.3 is 0 Å². The summed E-state index contributed by atoms with van der Waals surface area (Å²) in [5, 5.41) is 18.1. The second-order valence-electron chi connectivity index (χ2n) is 16.8. The van der Waals surface area contributed by atoms with E-state index in [0.29, 0.717) is 0 Å². The van der Waals surface area contributed by atoms with E-state index in [1.807, 2.05) is 0 Å². The molecule has 0 fully saturated rings. The van der Waals surface area contributed by atoms with Gasteiger partial charge in [-0.1, -0.05) is 159 Å². The molecule has 12 aromatic rings. The van der Waals surface area contributed by atoms with Crippen LogP contribution in [0.1, 0.15) is 25.0 Å². The zero-order chi connectivity index (χ0) is 38.3. The smallest absolute Gasteiger partial charge is 0.0547 e. The Labute approximate surface area is 336 Å². The minimum atomic E-state index is -0.103. The van der Waals surface area contributed by atoms with Gasteiger partial charge in [0.15, 0.2) is 0 Å². The first-order valence-corrected chi connectivity index (χ1v) is 20.4. The summed E-state index contributed by atoms with van der Waals surface area (Å²) >= 11 is 0. The van der Waals surface area contributed by atoms with Gasteiger partial charge in [0, 0.05) is 21.9 Å². The maximum atomic E-state index is 2.53. The van der Waals surface area contributed by atoms with E-state index in [9.17, 15) is 0 Å². The number of rotatable bonds is 2. The van der Waals surface area contributed by atoms with Gasteiger partial charge in [0.25, 0.3) is 0 Å². The molecule has 13 rings (SSSR count). The Hall–Kier alpha value is -7.22. The summed E-state index contributed by atoms with van der Waals surface area (Å²) in [4.78, 5) is 0. The lowest BCUT2D eigenvalue weighted by Crippen LogP contribution is -2.14. The van der Waals surface area contributed by atoms with Crippen LogP contribution in [-0.4, -0.2) is 4.57 Å². The molecular weight excluding hydrogens is 699 g/mol. The largest absolute Gasteiger partial charge is 0.309 e. The Balaban J connectivity index is 1.07. The van der Waals surface area contributed by atoms with Crippen LogP contribution in [0, 0.1) is 0 Å². The summed E-state index contributed by atoms with van der Waals surface area (Å²) in [6.45, 7) is 4.76. The lowest BCUT2D eigenvalue weighted by molar-refractivity contribution is 0.661. The molecule has 0 spiro atoms. The number of fused-ring (bicyclic) bond motifs is 18. The second kappa shape index (κ2) is 11.4. The monoisotopic (exact) mass is 735 g/mol. The predicted octanol–water partition coefficient (Wildman–Crippen LogP) is 15.7. The molecule has 1 heterocycles. The van der Waals surface area contributed by atoms with E-state index in [1.165, 1.54) is 126 Å². The molecule has 0 atom stereocenters. The van der Waals surface area contributed by atoms with Gasteiger partial charge in [-0.25, -0.2) is 0 Å². The van der Waals surface area contributed by atoms with E-state index in [0.717, 1.165) is 0 Å². The highest BCUT2D eigenvalue weighted by molar-refractivity contribution is 6.29. The van der Waals surface area contributed by atoms with Crippen molar-refractivity contribution in [1.29, 1.82) is 0 Å². The van der Waals surface area contributed by atoms with E-state index in [1.54, 1.807) is 0 Å². The van der Waals surface area contributed by atoms with E-state index < -0.39 is 0 Å². The van der Waals surface area contributed by atoms with Crippen molar-refractivity contribution in [3.63, 3.8) is 0 Å². The van der Waals surface area contributed by atoms with Crippen molar-refractivity contribution < 1.29 is 0 Å². The van der Waals surface area contributed by atoms with Gasteiger partial charge < -0.3 is 4.57 Å². The van der Waals surface area contributed by atoms with Crippen molar-refractivity contribution in [2.45, 2.75) is 19.3 Å². The Morgan fingerprint density at radius 2 is 0.724 bits per heavy atom. The summed E-state index contributed by atoms with van der Waals surface area (Å²) in [6, 6.07) is 70.7. The molecule has 1 heteroatoms. The Morgan fingerprint density at radius 1 is 0.293 bits per heavy atom.